The topological polar surface area (TPSA) is 59.2 Å². The van der Waals surface area contributed by atoms with Gasteiger partial charge in [0.25, 0.3) is 0 Å². The molecule has 0 bridgehead atoms. The van der Waals surface area contributed by atoms with E-state index < -0.39 is 0 Å². The lowest BCUT2D eigenvalue weighted by atomic mass is 10.0. The van der Waals surface area contributed by atoms with Gasteiger partial charge < -0.3 is 9.63 Å². The Morgan fingerprint density at radius 3 is 2.57 bits per heavy atom. The van der Waals surface area contributed by atoms with E-state index in [0.29, 0.717) is 11.7 Å². The normalized spacial score (nSPS) is 35.4. The first-order valence-electron chi connectivity index (χ1n) is 5.33. The van der Waals surface area contributed by atoms with Crippen LogP contribution in [0, 0.1) is 11.8 Å². The summed E-state index contributed by atoms with van der Waals surface area (Å²) < 4.78 is 5.15. The Morgan fingerprint density at radius 1 is 1.29 bits per heavy atom. The largest absolute Gasteiger partial charge is 0.388 e. The van der Waals surface area contributed by atoms with Crippen molar-refractivity contribution in [2.24, 2.45) is 11.8 Å². The molecule has 1 aromatic heterocycles. The van der Waals surface area contributed by atoms with Crippen LogP contribution in [0.25, 0.3) is 0 Å². The van der Waals surface area contributed by atoms with Gasteiger partial charge in [-0.25, -0.2) is 0 Å². The Kier molecular flexibility index (Phi) is 1.83. The van der Waals surface area contributed by atoms with Crippen LogP contribution in [0.3, 0.4) is 0 Å². The van der Waals surface area contributed by atoms with Gasteiger partial charge in [0.15, 0.2) is 5.82 Å². The minimum atomic E-state index is -0.119. The third-order valence-electron chi connectivity index (χ3n) is 3.57. The third-order valence-corrected chi connectivity index (χ3v) is 3.57. The van der Waals surface area contributed by atoms with E-state index in [9.17, 15) is 0 Å². The van der Waals surface area contributed by atoms with Crippen molar-refractivity contribution in [1.82, 2.24) is 10.1 Å². The van der Waals surface area contributed by atoms with Crippen LogP contribution in [-0.2, 0) is 6.61 Å². The van der Waals surface area contributed by atoms with Crippen LogP contribution < -0.4 is 0 Å². The summed E-state index contributed by atoms with van der Waals surface area (Å²) in [6, 6.07) is 0. The smallest absolute Gasteiger partial charge is 0.230 e. The summed E-state index contributed by atoms with van der Waals surface area (Å²) in [5.41, 5.74) is 0. The lowest BCUT2D eigenvalue weighted by Crippen LogP contribution is -1.91. The molecule has 0 radical (unpaired) electrons. The number of hydrogen-bond acceptors (Lipinski definition) is 4. The van der Waals surface area contributed by atoms with Crippen molar-refractivity contribution in [2.45, 2.75) is 38.2 Å². The molecule has 2 aliphatic rings. The molecule has 0 aromatic carbocycles. The van der Waals surface area contributed by atoms with Crippen molar-refractivity contribution in [3.8, 4) is 0 Å². The molecule has 0 saturated heterocycles. The number of aliphatic hydroxyl groups excluding tert-OH is 1. The summed E-state index contributed by atoms with van der Waals surface area (Å²) in [4.78, 5) is 4.19. The molecule has 1 aromatic rings. The van der Waals surface area contributed by atoms with Gasteiger partial charge in [-0.3, -0.25) is 0 Å². The Labute approximate surface area is 82.3 Å². The molecule has 1 heterocycles. The quantitative estimate of drug-likeness (QED) is 0.774. The summed E-state index contributed by atoms with van der Waals surface area (Å²) in [6.07, 6.45) is 5.32. The van der Waals surface area contributed by atoms with Crippen LogP contribution in [0.5, 0.6) is 0 Å². The van der Waals surface area contributed by atoms with Crippen LogP contribution in [0.4, 0.5) is 0 Å². The van der Waals surface area contributed by atoms with Gasteiger partial charge in [-0.2, -0.15) is 4.98 Å². The Hall–Kier alpha value is -0.900. The van der Waals surface area contributed by atoms with Gasteiger partial charge >= 0.3 is 0 Å². The van der Waals surface area contributed by atoms with Crippen LogP contribution >= 0.6 is 0 Å². The van der Waals surface area contributed by atoms with Crippen molar-refractivity contribution >= 4 is 0 Å². The molecule has 2 fully saturated rings. The maximum atomic E-state index is 8.83. The molecule has 1 N–H and O–H groups in total. The first-order valence-corrected chi connectivity index (χ1v) is 5.33. The van der Waals surface area contributed by atoms with Crippen LogP contribution in [0.2, 0.25) is 0 Å². The monoisotopic (exact) mass is 194 g/mol. The average Bonchev–Trinajstić information content (AvgIpc) is 2.77. The maximum Gasteiger partial charge on any atom is 0.230 e. The minimum absolute atomic E-state index is 0.119. The molecule has 4 heteroatoms. The molecule has 2 unspecified atom stereocenters. The van der Waals surface area contributed by atoms with Crippen molar-refractivity contribution < 1.29 is 9.63 Å². The zero-order chi connectivity index (χ0) is 9.54. The molecule has 2 aliphatic carbocycles. The molecular weight excluding hydrogens is 180 g/mol. The number of fused-ring (bicyclic) bond motifs is 1. The van der Waals surface area contributed by atoms with Crippen molar-refractivity contribution in [3.05, 3.63) is 11.7 Å². The van der Waals surface area contributed by atoms with Crippen molar-refractivity contribution in [2.75, 3.05) is 0 Å². The molecule has 4 nitrogen and oxygen atoms in total. The number of rotatable bonds is 2. The second-order valence-electron chi connectivity index (χ2n) is 4.34. The molecule has 76 valence electrons. The number of aliphatic hydroxyl groups is 1. The molecule has 14 heavy (non-hydrogen) atoms. The van der Waals surface area contributed by atoms with Gasteiger partial charge in [0, 0.05) is 5.92 Å². The van der Waals surface area contributed by atoms with E-state index in [2.05, 4.69) is 10.1 Å². The van der Waals surface area contributed by atoms with Gasteiger partial charge in [-0.15, -0.1) is 0 Å². The highest BCUT2D eigenvalue weighted by molar-refractivity contribution is 5.14. The minimum Gasteiger partial charge on any atom is -0.388 e. The molecular formula is C10H14N2O2. The van der Waals surface area contributed by atoms with Gasteiger partial charge in [0.2, 0.25) is 5.89 Å². The van der Waals surface area contributed by atoms with Gasteiger partial charge in [-0.05, 0) is 24.7 Å². The predicted molar refractivity (Wildman–Crippen MR) is 48.4 cm³/mol. The summed E-state index contributed by atoms with van der Waals surface area (Å²) in [6.45, 7) is -0.119. The van der Waals surface area contributed by atoms with Crippen LogP contribution in [0.15, 0.2) is 4.52 Å². The zero-order valence-corrected chi connectivity index (χ0v) is 8.02. The van der Waals surface area contributed by atoms with E-state index in [4.69, 9.17) is 9.63 Å². The third kappa shape index (κ3) is 1.17. The zero-order valence-electron chi connectivity index (χ0n) is 8.02. The molecule has 0 spiro atoms. The fourth-order valence-electron chi connectivity index (χ4n) is 2.83. The number of hydrogen-bond donors (Lipinski definition) is 1. The van der Waals surface area contributed by atoms with Crippen LogP contribution in [-0.4, -0.2) is 15.2 Å². The SMILES string of the molecule is OCc1noc(C2C3CCCCC32)n1. The molecule has 0 amide bonds. The highest BCUT2D eigenvalue weighted by atomic mass is 16.5. The number of aromatic nitrogens is 2. The average molecular weight is 194 g/mol. The Balaban J connectivity index is 1.77. The van der Waals surface area contributed by atoms with Crippen molar-refractivity contribution in [1.29, 1.82) is 0 Å². The fraction of sp³-hybridized carbons (Fsp3) is 0.800. The van der Waals surface area contributed by atoms with Gasteiger partial charge in [0.05, 0.1) is 0 Å². The second kappa shape index (κ2) is 3.05. The lowest BCUT2D eigenvalue weighted by Gasteiger charge is -2.04. The number of nitrogens with zero attached hydrogens (tertiary/aromatic N) is 2. The predicted octanol–water partition coefficient (Wildman–Crippen LogP) is 1.47. The van der Waals surface area contributed by atoms with Crippen molar-refractivity contribution in [3.63, 3.8) is 0 Å². The lowest BCUT2D eigenvalue weighted by molar-refractivity contribution is 0.262. The standard InChI is InChI=1S/C10H14N2O2/c13-5-8-11-10(14-12-8)9-6-3-1-2-4-7(6)9/h6-7,9,13H,1-5H2. The van der Waals surface area contributed by atoms with Crippen LogP contribution in [0.1, 0.15) is 43.3 Å². The summed E-state index contributed by atoms with van der Waals surface area (Å²) in [7, 11) is 0. The van der Waals surface area contributed by atoms with E-state index in [-0.39, 0.29) is 6.61 Å². The van der Waals surface area contributed by atoms with E-state index in [0.717, 1.165) is 17.7 Å². The molecule has 2 saturated carbocycles. The maximum absolute atomic E-state index is 8.83. The Bertz CT molecular complexity index is 325. The highest BCUT2D eigenvalue weighted by Gasteiger charge is 2.54. The van der Waals surface area contributed by atoms with Gasteiger partial charge in [-0.1, -0.05) is 18.0 Å². The van der Waals surface area contributed by atoms with E-state index in [1.807, 2.05) is 0 Å². The summed E-state index contributed by atoms with van der Waals surface area (Å²) in [5.74, 6) is 3.26. The molecule has 0 aliphatic heterocycles. The fourth-order valence-corrected chi connectivity index (χ4v) is 2.83. The van der Waals surface area contributed by atoms with E-state index in [1.165, 1.54) is 25.7 Å². The van der Waals surface area contributed by atoms with Gasteiger partial charge in [0.1, 0.15) is 6.61 Å². The second-order valence-corrected chi connectivity index (χ2v) is 4.34. The van der Waals surface area contributed by atoms with E-state index >= 15 is 0 Å². The molecule has 2 atom stereocenters. The Morgan fingerprint density at radius 2 is 2.00 bits per heavy atom. The summed E-state index contributed by atoms with van der Waals surface area (Å²) in [5, 5.41) is 12.5. The first-order chi connectivity index (χ1) is 6.90. The highest BCUT2D eigenvalue weighted by Crippen LogP contribution is 2.60. The first kappa shape index (κ1) is 8.41. The van der Waals surface area contributed by atoms with E-state index in [1.54, 1.807) is 0 Å². The summed E-state index contributed by atoms with van der Waals surface area (Å²) >= 11 is 0. The molecule has 3 rings (SSSR count).